The summed E-state index contributed by atoms with van der Waals surface area (Å²) in [5.41, 5.74) is 4.65. The Labute approximate surface area is 136 Å². The lowest BCUT2D eigenvalue weighted by atomic mass is 10.0. The number of benzene rings is 1. The Kier molecular flexibility index (Phi) is 2.99. The summed E-state index contributed by atoms with van der Waals surface area (Å²) in [5, 5.41) is 4.84. The normalized spacial score (nSPS) is 11.5. The summed E-state index contributed by atoms with van der Waals surface area (Å²) in [4.78, 5) is 19.3. The summed E-state index contributed by atoms with van der Waals surface area (Å²) >= 11 is 0. The van der Waals surface area contributed by atoms with Gasteiger partial charge >= 0.3 is 5.69 Å². The zero-order valence-electron chi connectivity index (χ0n) is 13.8. The van der Waals surface area contributed by atoms with Gasteiger partial charge in [-0.1, -0.05) is 5.16 Å². The third-order valence-electron chi connectivity index (χ3n) is 4.37. The summed E-state index contributed by atoms with van der Waals surface area (Å²) < 4.78 is 12.4. The van der Waals surface area contributed by atoms with E-state index in [2.05, 4.69) is 15.1 Å². The Morgan fingerprint density at radius 1 is 1.29 bits per heavy atom. The quantitative estimate of drug-likeness (QED) is 0.612. The van der Waals surface area contributed by atoms with Crippen molar-refractivity contribution in [2.75, 3.05) is 7.11 Å². The highest BCUT2D eigenvalue weighted by Crippen LogP contribution is 2.38. The van der Waals surface area contributed by atoms with Crippen LogP contribution in [0.2, 0.25) is 0 Å². The molecule has 3 heterocycles. The van der Waals surface area contributed by atoms with Crippen LogP contribution in [0.4, 0.5) is 0 Å². The second-order valence-corrected chi connectivity index (χ2v) is 5.78. The van der Waals surface area contributed by atoms with Crippen molar-refractivity contribution in [1.82, 2.24) is 19.7 Å². The number of pyridine rings is 1. The first-order valence-electron chi connectivity index (χ1n) is 7.50. The van der Waals surface area contributed by atoms with Crippen LogP contribution in [-0.4, -0.2) is 26.8 Å². The highest BCUT2D eigenvalue weighted by atomic mass is 16.5. The fraction of sp³-hybridized carbons (Fsp3) is 0.235. The molecule has 0 aliphatic rings. The maximum atomic E-state index is 11.9. The number of nitrogens with one attached hydrogen (secondary N) is 1. The molecule has 1 N–H and O–H groups in total. The van der Waals surface area contributed by atoms with E-state index in [1.54, 1.807) is 20.4 Å². The molecule has 7 nitrogen and oxygen atoms in total. The topological polar surface area (TPSA) is 85.9 Å². The Balaban J connectivity index is 2.11. The first-order chi connectivity index (χ1) is 11.5. The average Bonchev–Trinajstić information content (AvgIpc) is 3.06. The minimum absolute atomic E-state index is 0.173. The molecule has 0 saturated heterocycles. The Bertz CT molecular complexity index is 1130. The number of methoxy groups -OCH3 is 1. The number of aromatic amines is 1. The van der Waals surface area contributed by atoms with Crippen molar-refractivity contribution in [3.63, 3.8) is 0 Å². The van der Waals surface area contributed by atoms with E-state index in [9.17, 15) is 4.79 Å². The van der Waals surface area contributed by atoms with Crippen molar-refractivity contribution in [3.8, 4) is 16.9 Å². The molecule has 0 atom stereocenters. The highest BCUT2D eigenvalue weighted by Gasteiger charge is 2.18. The molecule has 1 aromatic carbocycles. The van der Waals surface area contributed by atoms with Crippen molar-refractivity contribution in [1.29, 1.82) is 0 Å². The van der Waals surface area contributed by atoms with E-state index in [-0.39, 0.29) is 5.69 Å². The molecule has 0 spiro atoms. The molecule has 4 rings (SSSR count). The smallest absolute Gasteiger partial charge is 0.326 e. The Hall–Kier alpha value is -3.09. The summed E-state index contributed by atoms with van der Waals surface area (Å²) in [7, 11) is 3.33. The van der Waals surface area contributed by atoms with Gasteiger partial charge in [-0.15, -0.1) is 0 Å². The van der Waals surface area contributed by atoms with Crippen LogP contribution in [-0.2, 0) is 7.05 Å². The van der Waals surface area contributed by atoms with E-state index in [4.69, 9.17) is 9.26 Å². The van der Waals surface area contributed by atoms with E-state index < -0.39 is 0 Å². The second kappa shape index (κ2) is 4.95. The number of ether oxygens (including phenoxy) is 1. The maximum absolute atomic E-state index is 11.9. The van der Waals surface area contributed by atoms with Gasteiger partial charge in [-0.05, 0) is 26.0 Å². The van der Waals surface area contributed by atoms with Gasteiger partial charge in [0.15, 0.2) is 0 Å². The largest absolute Gasteiger partial charge is 0.496 e. The Morgan fingerprint density at radius 2 is 2.08 bits per heavy atom. The molecule has 24 heavy (non-hydrogen) atoms. The molecule has 3 aromatic heterocycles. The summed E-state index contributed by atoms with van der Waals surface area (Å²) in [5.74, 6) is 1.40. The number of rotatable bonds is 2. The van der Waals surface area contributed by atoms with Gasteiger partial charge in [0.05, 0.1) is 41.1 Å². The fourth-order valence-corrected chi connectivity index (χ4v) is 3.13. The van der Waals surface area contributed by atoms with Crippen LogP contribution >= 0.6 is 0 Å². The second-order valence-electron chi connectivity index (χ2n) is 5.78. The SMILES string of the molecule is COc1cc2c(cc1-c1c(C)noc1C)ncc1c2[nH]c(=O)n1C. The van der Waals surface area contributed by atoms with E-state index in [0.717, 1.165) is 44.5 Å². The lowest BCUT2D eigenvalue weighted by Gasteiger charge is -2.10. The molecule has 0 aliphatic carbocycles. The molecule has 0 amide bonds. The number of aromatic nitrogens is 4. The molecule has 122 valence electrons. The highest BCUT2D eigenvalue weighted by molar-refractivity contribution is 6.04. The first-order valence-corrected chi connectivity index (χ1v) is 7.50. The van der Waals surface area contributed by atoms with Gasteiger partial charge in [0.1, 0.15) is 11.5 Å². The molecular weight excluding hydrogens is 308 g/mol. The number of fused-ring (bicyclic) bond motifs is 3. The number of nitrogens with zero attached hydrogens (tertiary/aromatic N) is 3. The summed E-state index contributed by atoms with van der Waals surface area (Å²) in [6.45, 7) is 3.76. The maximum Gasteiger partial charge on any atom is 0.326 e. The van der Waals surface area contributed by atoms with Crippen molar-refractivity contribution >= 4 is 21.9 Å². The van der Waals surface area contributed by atoms with Gasteiger partial charge in [-0.3, -0.25) is 9.55 Å². The van der Waals surface area contributed by atoms with Crippen LogP contribution in [0.15, 0.2) is 27.6 Å². The lowest BCUT2D eigenvalue weighted by molar-refractivity contribution is 0.393. The van der Waals surface area contributed by atoms with E-state index in [0.29, 0.717) is 5.75 Å². The predicted molar refractivity (Wildman–Crippen MR) is 90.4 cm³/mol. The predicted octanol–water partition coefficient (Wildman–Crippen LogP) is 2.70. The van der Waals surface area contributed by atoms with Crippen LogP contribution < -0.4 is 10.4 Å². The average molecular weight is 324 g/mol. The molecule has 7 heteroatoms. The zero-order valence-corrected chi connectivity index (χ0v) is 13.8. The molecule has 0 radical (unpaired) electrons. The Morgan fingerprint density at radius 3 is 2.75 bits per heavy atom. The van der Waals surface area contributed by atoms with Crippen molar-refractivity contribution in [2.45, 2.75) is 13.8 Å². The van der Waals surface area contributed by atoms with Crippen molar-refractivity contribution < 1.29 is 9.26 Å². The first kappa shape index (κ1) is 14.5. The van der Waals surface area contributed by atoms with Gasteiger partial charge in [0.2, 0.25) is 0 Å². The third kappa shape index (κ3) is 1.87. The zero-order chi connectivity index (χ0) is 17.0. The monoisotopic (exact) mass is 324 g/mol. The molecule has 0 fully saturated rings. The van der Waals surface area contributed by atoms with Crippen molar-refractivity contribution in [3.05, 3.63) is 40.3 Å². The van der Waals surface area contributed by atoms with Crippen molar-refractivity contribution in [2.24, 2.45) is 7.05 Å². The van der Waals surface area contributed by atoms with Gasteiger partial charge in [-0.2, -0.15) is 0 Å². The van der Waals surface area contributed by atoms with E-state index >= 15 is 0 Å². The van der Waals surface area contributed by atoms with Gasteiger partial charge in [0.25, 0.3) is 0 Å². The van der Waals surface area contributed by atoms with Crippen LogP contribution in [0.3, 0.4) is 0 Å². The minimum Gasteiger partial charge on any atom is -0.496 e. The lowest BCUT2D eigenvalue weighted by Crippen LogP contribution is -2.11. The number of hydrogen-bond acceptors (Lipinski definition) is 5. The summed E-state index contributed by atoms with van der Waals surface area (Å²) in [6, 6.07) is 3.83. The molecule has 0 unspecified atom stereocenters. The van der Waals surface area contributed by atoms with E-state index in [1.165, 1.54) is 4.57 Å². The number of H-pyrrole nitrogens is 1. The van der Waals surface area contributed by atoms with E-state index in [1.807, 2.05) is 26.0 Å². The van der Waals surface area contributed by atoms with Crippen LogP contribution in [0.1, 0.15) is 11.5 Å². The summed E-state index contributed by atoms with van der Waals surface area (Å²) in [6.07, 6.45) is 1.69. The molecular formula is C17H16N4O3. The molecule has 0 aliphatic heterocycles. The molecule has 4 aromatic rings. The standard InChI is InChI=1S/C17H16N4O3/c1-8-15(9(2)24-20-8)11-5-12-10(6-14(11)23-4)16-13(7-18-12)21(3)17(22)19-16/h5-7H,1-4H3,(H,19,22). The minimum atomic E-state index is -0.173. The molecule has 0 saturated carbocycles. The van der Waals surface area contributed by atoms with Crippen LogP contribution in [0.5, 0.6) is 5.75 Å². The number of hydrogen-bond donors (Lipinski definition) is 1. The number of aryl methyl sites for hydroxylation is 3. The van der Waals surface area contributed by atoms with Gasteiger partial charge in [0, 0.05) is 18.0 Å². The third-order valence-corrected chi connectivity index (χ3v) is 4.37. The van der Waals surface area contributed by atoms with Crippen LogP contribution in [0, 0.1) is 13.8 Å². The fourth-order valence-electron chi connectivity index (χ4n) is 3.13. The van der Waals surface area contributed by atoms with Crippen LogP contribution in [0.25, 0.3) is 33.1 Å². The van der Waals surface area contributed by atoms with Gasteiger partial charge < -0.3 is 14.2 Å². The van der Waals surface area contributed by atoms with Gasteiger partial charge in [-0.25, -0.2) is 4.79 Å². The number of imidazole rings is 1. The molecule has 0 bridgehead atoms.